The van der Waals surface area contributed by atoms with Gasteiger partial charge in [-0.05, 0) is 31.0 Å². The van der Waals surface area contributed by atoms with Crippen molar-refractivity contribution in [2.75, 3.05) is 6.61 Å². The topological polar surface area (TPSA) is 107 Å². The third kappa shape index (κ3) is 4.06. The molecule has 5 N–H and O–H groups in total. The van der Waals surface area contributed by atoms with E-state index in [1.807, 2.05) is 31.3 Å². The maximum absolute atomic E-state index is 11.2. The van der Waals surface area contributed by atoms with Crippen LogP contribution in [-0.4, -0.2) is 18.5 Å². The molecule has 0 saturated carbocycles. The molecule has 0 aliphatic carbocycles. The monoisotopic (exact) mass is 251 g/mol. The van der Waals surface area contributed by atoms with Crippen LogP contribution in [0.3, 0.4) is 0 Å². The Bertz CT molecular complexity index is 458. The van der Waals surface area contributed by atoms with Crippen LogP contribution >= 0.6 is 0 Å². The molecule has 0 saturated heterocycles. The summed E-state index contributed by atoms with van der Waals surface area (Å²) in [4.78, 5) is 21.6. The molecule has 18 heavy (non-hydrogen) atoms. The van der Waals surface area contributed by atoms with Gasteiger partial charge in [0.25, 0.3) is 5.91 Å². The number of hydrogen-bond acceptors (Lipinski definition) is 4. The van der Waals surface area contributed by atoms with Gasteiger partial charge < -0.3 is 16.2 Å². The molecular weight excluding hydrogens is 234 g/mol. The summed E-state index contributed by atoms with van der Waals surface area (Å²) in [5.41, 5.74) is 12.4. The fourth-order valence-electron chi connectivity index (χ4n) is 1.43. The van der Waals surface area contributed by atoms with Crippen molar-refractivity contribution >= 4 is 11.9 Å². The first-order valence-electron chi connectivity index (χ1n) is 5.48. The van der Waals surface area contributed by atoms with Crippen molar-refractivity contribution < 1.29 is 14.3 Å². The number of primary amides is 1. The zero-order chi connectivity index (χ0) is 13.7. The summed E-state index contributed by atoms with van der Waals surface area (Å²) >= 11 is 0. The second kappa shape index (κ2) is 6.02. The first-order valence-corrected chi connectivity index (χ1v) is 5.48. The van der Waals surface area contributed by atoms with Crippen molar-refractivity contribution in [3.05, 3.63) is 29.3 Å². The van der Waals surface area contributed by atoms with Crippen molar-refractivity contribution in [1.82, 2.24) is 5.32 Å². The van der Waals surface area contributed by atoms with Gasteiger partial charge in [-0.25, -0.2) is 4.79 Å². The zero-order valence-electron chi connectivity index (χ0n) is 10.4. The molecule has 98 valence electrons. The van der Waals surface area contributed by atoms with Crippen molar-refractivity contribution in [2.24, 2.45) is 11.5 Å². The van der Waals surface area contributed by atoms with Crippen LogP contribution in [0.2, 0.25) is 0 Å². The summed E-state index contributed by atoms with van der Waals surface area (Å²) in [6.45, 7) is 3.48. The highest BCUT2D eigenvalue weighted by molar-refractivity contribution is 5.94. The summed E-state index contributed by atoms with van der Waals surface area (Å²) < 4.78 is 5.27. The quantitative estimate of drug-likeness (QED) is 0.727. The summed E-state index contributed by atoms with van der Waals surface area (Å²) in [6, 6.07) is 4.51. The van der Waals surface area contributed by atoms with Gasteiger partial charge in [0, 0.05) is 6.04 Å². The summed E-state index contributed by atoms with van der Waals surface area (Å²) in [5.74, 6) is -0.0165. The van der Waals surface area contributed by atoms with Crippen LogP contribution in [0.5, 0.6) is 5.75 Å². The van der Waals surface area contributed by atoms with Crippen LogP contribution in [0.15, 0.2) is 18.2 Å². The van der Waals surface area contributed by atoms with E-state index < -0.39 is 11.9 Å². The SMILES string of the molecule is Cc1cc(C(C)N)ccc1OCC(=O)NC(N)=O. The lowest BCUT2D eigenvalue weighted by Crippen LogP contribution is -2.38. The van der Waals surface area contributed by atoms with E-state index in [2.05, 4.69) is 0 Å². The molecule has 0 spiro atoms. The highest BCUT2D eigenvalue weighted by atomic mass is 16.5. The molecule has 1 rings (SSSR count). The second-order valence-corrected chi connectivity index (χ2v) is 4.01. The van der Waals surface area contributed by atoms with E-state index in [-0.39, 0.29) is 12.6 Å². The Labute approximate surface area is 105 Å². The maximum Gasteiger partial charge on any atom is 0.318 e. The van der Waals surface area contributed by atoms with Gasteiger partial charge >= 0.3 is 6.03 Å². The van der Waals surface area contributed by atoms with Crippen LogP contribution in [0.25, 0.3) is 0 Å². The van der Waals surface area contributed by atoms with Crippen molar-refractivity contribution in [3.8, 4) is 5.75 Å². The van der Waals surface area contributed by atoms with Gasteiger partial charge in [-0.2, -0.15) is 0 Å². The van der Waals surface area contributed by atoms with E-state index in [0.29, 0.717) is 5.75 Å². The first kappa shape index (κ1) is 14.0. The van der Waals surface area contributed by atoms with Crippen LogP contribution in [-0.2, 0) is 4.79 Å². The Kier molecular flexibility index (Phi) is 4.67. The lowest BCUT2D eigenvalue weighted by atomic mass is 10.1. The number of amides is 3. The number of nitrogens with one attached hydrogen (secondary N) is 1. The molecule has 0 radical (unpaired) electrons. The Balaban J connectivity index is 2.63. The van der Waals surface area contributed by atoms with E-state index in [1.165, 1.54) is 0 Å². The third-order valence-corrected chi connectivity index (χ3v) is 2.35. The Morgan fingerprint density at radius 3 is 2.61 bits per heavy atom. The predicted molar refractivity (Wildman–Crippen MR) is 67.0 cm³/mol. The van der Waals surface area contributed by atoms with Crippen molar-refractivity contribution in [3.63, 3.8) is 0 Å². The molecule has 3 amide bonds. The van der Waals surface area contributed by atoms with Crippen LogP contribution in [0.1, 0.15) is 24.1 Å². The molecule has 1 aromatic carbocycles. The van der Waals surface area contributed by atoms with Crippen LogP contribution in [0, 0.1) is 6.92 Å². The van der Waals surface area contributed by atoms with Crippen molar-refractivity contribution in [2.45, 2.75) is 19.9 Å². The minimum absolute atomic E-state index is 0.0593. The standard InChI is InChI=1S/C12H17N3O3/c1-7-5-9(8(2)13)3-4-10(7)18-6-11(16)15-12(14)17/h3-5,8H,6,13H2,1-2H3,(H3,14,15,16,17). The molecule has 0 bridgehead atoms. The number of benzene rings is 1. The summed E-state index contributed by atoms with van der Waals surface area (Å²) in [7, 11) is 0. The van der Waals surface area contributed by atoms with Crippen molar-refractivity contribution in [1.29, 1.82) is 0 Å². The number of imide groups is 1. The normalized spacial score (nSPS) is 11.7. The highest BCUT2D eigenvalue weighted by Gasteiger charge is 2.08. The molecule has 1 unspecified atom stereocenters. The van der Waals surface area contributed by atoms with E-state index in [1.54, 1.807) is 6.07 Å². The first-order chi connectivity index (χ1) is 8.40. The average Bonchev–Trinajstić information content (AvgIpc) is 2.26. The van der Waals surface area contributed by atoms with Gasteiger partial charge in [0.15, 0.2) is 6.61 Å². The minimum Gasteiger partial charge on any atom is -0.483 e. The number of ether oxygens (including phenoxy) is 1. The van der Waals surface area contributed by atoms with Gasteiger partial charge in [-0.3, -0.25) is 10.1 Å². The van der Waals surface area contributed by atoms with Crippen LogP contribution in [0.4, 0.5) is 4.79 Å². The number of carbonyl (C=O) groups excluding carboxylic acids is 2. The van der Waals surface area contributed by atoms with E-state index >= 15 is 0 Å². The van der Waals surface area contributed by atoms with E-state index in [9.17, 15) is 9.59 Å². The smallest absolute Gasteiger partial charge is 0.318 e. The zero-order valence-corrected chi connectivity index (χ0v) is 10.4. The number of carbonyl (C=O) groups is 2. The van der Waals surface area contributed by atoms with Gasteiger partial charge in [-0.15, -0.1) is 0 Å². The Morgan fingerprint density at radius 2 is 2.11 bits per heavy atom. The molecular formula is C12H17N3O3. The minimum atomic E-state index is -0.896. The fraction of sp³-hybridized carbons (Fsp3) is 0.333. The fourth-order valence-corrected chi connectivity index (χ4v) is 1.43. The van der Waals surface area contributed by atoms with Gasteiger partial charge in [0.1, 0.15) is 5.75 Å². The molecule has 1 atom stereocenters. The third-order valence-electron chi connectivity index (χ3n) is 2.35. The highest BCUT2D eigenvalue weighted by Crippen LogP contribution is 2.21. The number of hydrogen-bond donors (Lipinski definition) is 3. The van der Waals surface area contributed by atoms with E-state index in [0.717, 1.165) is 11.1 Å². The van der Waals surface area contributed by atoms with Gasteiger partial charge in [0.05, 0.1) is 0 Å². The Morgan fingerprint density at radius 1 is 1.44 bits per heavy atom. The number of nitrogens with two attached hydrogens (primary N) is 2. The predicted octanol–water partition coefficient (Wildman–Crippen LogP) is 0.588. The molecule has 0 aliphatic heterocycles. The molecule has 0 aromatic heterocycles. The van der Waals surface area contributed by atoms with E-state index in [4.69, 9.17) is 16.2 Å². The number of rotatable bonds is 4. The molecule has 1 aromatic rings. The Hall–Kier alpha value is -2.08. The average molecular weight is 251 g/mol. The number of urea groups is 1. The lowest BCUT2D eigenvalue weighted by molar-refractivity contribution is -0.121. The summed E-state index contributed by atoms with van der Waals surface area (Å²) in [6.07, 6.45) is 0. The lowest BCUT2D eigenvalue weighted by Gasteiger charge is -2.11. The molecule has 0 fully saturated rings. The summed E-state index contributed by atoms with van der Waals surface area (Å²) in [5, 5.41) is 1.92. The molecule has 6 heteroatoms. The van der Waals surface area contributed by atoms with Crippen LogP contribution < -0.4 is 21.5 Å². The number of aryl methyl sites for hydroxylation is 1. The molecule has 0 heterocycles. The molecule has 0 aliphatic rings. The van der Waals surface area contributed by atoms with Gasteiger partial charge in [-0.1, -0.05) is 12.1 Å². The molecule has 6 nitrogen and oxygen atoms in total. The maximum atomic E-state index is 11.2. The van der Waals surface area contributed by atoms with Gasteiger partial charge in [0.2, 0.25) is 0 Å². The largest absolute Gasteiger partial charge is 0.483 e. The second-order valence-electron chi connectivity index (χ2n) is 4.01.